The Hall–Kier alpha value is -0.670. The second-order valence-electron chi connectivity index (χ2n) is 2.99. The highest BCUT2D eigenvalue weighted by atomic mass is 19.4. The van der Waals surface area contributed by atoms with Crippen LogP contribution in [-0.2, 0) is 0 Å². The number of hydrogen-bond acceptors (Lipinski definition) is 1. The molecule has 0 unspecified atom stereocenters. The van der Waals surface area contributed by atoms with Crippen LogP contribution in [0.1, 0.15) is 6.42 Å². The van der Waals surface area contributed by atoms with Crippen molar-refractivity contribution in [2.45, 2.75) is 30.4 Å². The van der Waals surface area contributed by atoms with E-state index in [1.165, 1.54) is 0 Å². The quantitative estimate of drug-likeness (QED) is 0.766. The summed E-state index contributed by atoms with van der Waals surface area (Å²) in [7, 11) is 0. The van der Waals surface area contributed by atoms with Crippen LogP contribution < -0.4 is 0 Å². The summed E-state index contributed by atoms with van der Waals surface area (Å²) in [6.07, 6.45) is -8.75. The maximum absolute atomic E-state index is 12.5. The lowest BCUT2D eigenvalue weighted by molar-refractivity contribution is -0.390. The summed E-state index contributed by atoms with van der Waals surface area (Å²) in [4.78, 5) is 0. The van der Waals surface area contributed by atoms with Crippen LogP contribution in [-0.4, -0.2) is 35.7 Å². The molecule has 0 aliphatic carbocycles. The fourth-order valence-corrected chi connectivity index (χ4v) is 0.761. The molecule has 0 aromatic carbocycles. The summed E-state index contributed by atoms with van der Waals surface area (Å²) in [6.45, 7) is -1.09. The van der Waals surface area contributed by atoms with Gasteiger partial charge in [0.1, 0.15) is 0 Å². The highest BCUT2D eigenvalue weighted by molar-refractivity contribution is 5.05. The van der Waals surface area contributed by atoms with Crippen LogP contribution in [0.4, 0.5) is 39.5 Å². The normalized spacial score (nSPS) is 15.2. The van der Waals surface area contributed by atoms with E-state index in [0.29, 0.717) is 0 Å². The monoisotopic (exact) mass is 277 g/mol. The van der Waals surface area contributed by atoms with Crippen molar-refractivity contribution in [1.29, 1.82) is 0 Å². The molecule has 0 saturated heterocycles. The van der Waals surface area contributed by atoms with Gasteiger partial charge in [0, 0.05) is 13.0 Å². The number of aliphatic hydroxyl groups is 1. The molecule has 103 valence electrons. The molecule has 17 heavy (non-hydrogen) atoms. The lowest BCUT2D eigenvalue weighted by Gasteiger charge is -2.33. The fourth-order valence-electron chi connectivity index (χ4n) is 0.761. The van der Waals surface area contributed by atoms with Crippen LogP contribution in [0.3, 0.4) is 0 Å². The van der Waals surface area contributed by atoms with Gasteiger partial charge in [-0.05, 0) is 6.42 Å². The maximum Gasteiger partial charge on any atom is 0.460 e. The Morgan fingerprint density at radius 1 is 0.765 bits per heavy atom. The van der Waals surface area contributed by atoms with Gasteiger partial charge in [-0.3, -0.25) is 0 Å². The Kier molecular flexibility index (Phi) is 4.36. The lowest BCUT2D eigenvalue weighted by atomic mass is 10.00. The molecule has 0 fully saturated rings. The first kappa shape index (κ1) is 16.3. The third-order valence-electron chi connectivity index (χ3n) is 1.70. The molecule has 0 atom stereocenters. The van der Waals surface area contributed by atoms with Gasteiger partial charge < -0.3 is 5.11 Å². The van der Waals surface area contributed by atoms with E-state index in [2.05, 4.69) is 0 Å². The van der Waals surface area contributed by atoms with E-state index >= 15 is 0 Å². The summed E-state index contributed by atoms with van der Waals surface area (Å²) in [5.41, 5.74) is 0. The molecule has 0 amide bonds. The number of hydrogen-bond donors (Lipinski definition) is 1. The van der Waals surface area contributed by atoms with Crippen LogP contribution in [0.5, 0.6) is 0 Å². The zero-order valence-electron chi connectivity index (χ0n) is 7.84. The van der Waals surface area contributed by atoms with Crippen molar-refractivity contribution >= 4 is 0 Å². The Balaban J connectivity index is 5.24. The predicted octanol–water partition coefficient (Wildman–Crippen LogP) is 3.04. The number of rotatable bonds is 5. The summed E-state index contributed by atoms with van der Waals surface area (Å²) >= 11 is 0. The second-order valence-corrected chi connectivity index (χ2v) is 2.99. The van der Waals surface area contributed by atoms with Crippen LogP contribution in [0, 0.1) is 6.42 Å². The zero-order chi connectivity index (χ0) is 14.1. The molecule has 0 spiro atoms. The molecule has 0 aliphatic heterocycles. The van der Waals surface area contributed by atoms with Crippen molar-refractivity contribution in [3.63, 3.8) is 0 Å². The highest BCUT2D eigenvalue weighted by Gasteiger charge is 2.81. The van der Waals surface area contributed by atoms with Gasteiger partial charge in [-0.2, -0.15) is 39.5 Å². The van der Waals surface area contributed by atoms with E-state index in [4.69, 9.17) is 5.11 Å². The largest absolute Gasteiger partial charge is 0.460 e. The van der Waals surface area contributed by atoms with E-state index < -0.39 is 43.4 Å². The van der Waals surface area contributed by atoms with Crippen molar-refractivity contribution in [3.05, 3.63) is 6.42 Å². The minimum atomic E-state index is -6.88. The number of halogens is 9. The van der Waals surface area contributed by atoms with Crippen LogP contribution >= 0.6 is 0 Å². The third kappa shape index (κ3) is 2.78. The van der Waals surface area contributed by atoms with E-state index in [9.17, 15) is 39.5 Å². The Labute approximate surface area is 89.2 Å². The Bertz CT molecular complexity index is 257. The molecule has 1 N–H and O–H groups in total. The Morgan fingerprint density at radius 2 is 1.18 bits per heavy atom. The molecule has 0 aromatic heterocycles. The average molecular weight is 277 g/mol. The van der Waals surface area contributed by atoms with Crippen LogP contribution in [0.2, 0.25) is 0 Å². The average Bonchev–Trinajstić information content (AvgIpc) is 2.12. The minimum Gasteiger partial charge on any atom is -0.396 e. The lowest BCUT2D eigenvalue weighted by Crippen LogP contribution is -2.61. The molecule has 0 bridgehead atoms. The number of alkyl halides is 9. The van der Waals surface area contributed by atoms with Crippen molar-refractivity contribution in [2.24, 2.45) is 0 Å². The standard InChI is InChI=1S/C7H6F9O/c8-4(9,2-1-3-17)5(10,11)6(12,13)7(14,15)16/h2,17H,1,3H2. The zero-order valence-corrected chi connectivity index (χ0v) is 7.84. The fraction of sp³-hybridized carbons (Fsp3) is 0.857. The van der Waals surface area contributed by atoms with E-state index in [1.54, 1.807) is 0 Å². The van der Waals surface area contributed by atoms with E-state index in [-0.39, 0.29) is 0 Å². The predicted molar refractivity (Wildman–Crippen MR) is 36.9 cm³/mol. The Morgan fingerprint density at radius 3 is 1.47 bits per heavy atom. The van der Waals surface area contributed by atoms with Crippen molar-refractivity contribution < 1.29 is 44.6 Å². The summed E-state index contributed by atoms with van der Waals surface area (Å²) in [5, 5.41) is 8.04. The smallest absolute Gasteiger partial charge is 0.396 e. The molecule has 0 saturated carbocycles. The third-order valence-corrected chi connectivity index (χ3v) is 1.70. The molecule has 1 radical (unpaired) electrons. The van der Waals surface area contributed by atoms with Gasteiger partial charge in [0.15, 0.2) is 0 Å². The molecule has 1 nitrogen and oxygen atoms in total. The van der Waals surface area contributed by atoms with Crippen molar-refractivity contribution in [1.82, 2.24) is 0 Å². The topological polar surface area (TPSA) is 20.2 Å². The van der Waals surface area contributed by atoms with Gasteiger partial charge in [0.05, 0.1) is 0 Å². The van der Waals surface area contributed by atoms with E-state index in [1.807, 2.05) is 0 Å². The van der Waals surface area contributed by atoms with Gasteiger partial charge in [0.2, 0.25) is 0 Å². The maximum atomic E-state index is 12.5. The first-order valence-electron chi connectivity index (χ1n) is 3.96. The first-order chi connectivity index (χ1) is 7.31. The molecule has 0 heterocycles. The van der Waals surface area contributed by atoms with E-state index in [0.717, 1.165) is 0 Å². The molecule has 10 heteroatoms. The van der Waals surface area contributed by atoms with Gasteiger partial charge in [-0.1, -0.05) is 0 Å². The SMILES string of the molecule is OCC[CH]C(F)(F)C(F)(F)C(F)(F)C(F)(F)F. The van der Waals surface area contributed by atoms with Crippen LogP contribution in [0.25, 0.3) is 0 Å². The highest BCUT2D eigenvalue weighted by Crippen LogP contribution is 2.53. The first-order valence-corrected chi connectivity index (χ1v) is 3.96. The van der Waals surface area contributed by atoms with Gasteiger partial charge >= 0.3 is 23.9 Å². The second kappa shape index (κ2) is 4.54. The van der Waals surface area contributed by atoms with Crippen molar-refractivity contribution in [2.75, 3.05) is 6.61 Å². The molecule has 0 rings (SSSR count). The summed E-state index contributed by atoms with van der Waals surface area (Å²) in [6, 6.07) is 0. The molecule has 0 aromatic rings. The van der Waals surface area contributed by atoms with Gasteiger partial charge in [-0.15, -0.1) is 0 Å². The molecular weight excluding hydrogens is 271 g/mol. The van der Waals surface area contributed by atoms with Crippen LogP contribution in [0.15, 0.2) is 0 Å². The van der Waals surface area contributed by atoms with Gasteiger partial charge in [0.25, 0.3) is 0 Å². The summed E-state index contributed by atoms with van der Waals surface area (Å²) < 4.78 is 109. The molecular formula is C7H6F9O. The minimum absolute atomic E-state index is 0.785. The molecule has 0 aliphatic rings. The van der Waals surface area contributed by atoms with Gasteiger partial charge in [-0.25, -0.2) is 0 Å². The van der Waals surface area contributed by atoms with Crippen molar-refractivity contribution in [3.8, 4) is 0 Å². The number of aliphatic hydroxyl groups excluding tert-OH is 1. The summed E-state index contributed by atoms with van der Waals surface area (Å²) in [5.74, 6) is -19.2.